The lowest BCUT2D eigenvalue weighted by Crippen LogP contribution is -2.34. The Balaban J connectivity index is 1.73. The van der Waals surface area contributed by atoms with Crippen molar-refractivity contribution in [2.24, 2.45) is 0 Å². The Bertz CT molecular complexity index is 918. The Hall–Kier alpha value is -2.83. The quantitative estimate of drug-likeness (QED) is 0.781. The van der Waals surface area contributed by atoms with E-state index in [2.05, 4.69) is 35.9 Å². The van der Waals surface area contributed by atoms with Crippen LogP contribution in [-0.2, 0) is 0 Å². The Kier molecular flexibility index (Phi) is 4.36. The van der Waals surface area contributed by atoms with Crippen molar-refractivity contribution in [3.63, 3.8) is 0 Å². The van der Waals surface area contributed by atoms with Gasteiger partial charge in [0.1, 0.15) is 23.7 Å². The van der Waals surface area contributed by atoms with Gasteiger partial charge in [0.25, 0.3) is 0 Å². The van der Waals surface area contributed by atoms with Crippen molar-refractivity contribution in [3.8, 4) is 11.5 Å². The Labute approximate surface area is 153 Å². The second kappa shape index (κ2) is 6.82. The van der Waals surface area contributed by atoms with Gasteiger partial charge in [-0.2, -0.15) is 0 Å². The average Bonchev–Trinajstić information content (AvgIpc) is 3.08. The van der Waals surface area contributed by atoms with Gasteiger partial charge >= 0.3 is 0 Å². The monoisotopic (exact) mass is 349 g/mol. The fraction of sp³-hybridized carbons (Fsp3) is 0.421. The zero-order valence-electron chi connectivity index (χ0n) is 15.4. The highest BCUT2D eigenvalue weighted by Gasteiger charge is 2.27. The Morgan fingerprint density at radius 2 is 1.92 bits per heavy atom. The minimum atomic E-state index is 0.189. The van der Waals surface area contributed by atoms with Gasteiger partial charge in [0, 0.05) is 30.2 Å². The van der Waals surface area contributed by atoms with Gasteiger partial charge in [-0.25, -0.2) is 24.9 Å². The zero-order chi connectivity index (χ0) is 18.1. The molecular formula is C19H23N7. The lowest BCUT2D eigenvalue weighted by atomic mass is 9.98. The number of H-pyrrole nitrogens is 1. The van der Waals surface area contributed by atoms with Crippen LogP contribution in [0.5, 0.6) is 0 Å². The molecule has 4 rings (SSSR count). The normalized spacial score (nSPS) is 17.5. The summed E-state index contributed by atoms with van der Waals surface area (Å²) in [6, 6.07) is 4.29. The van der Waals surface area contributed by atoms with E-state index in [1.165, 1.54) is 6.42 Å². The van der Waals surface area contributed by atoms with Crippen LogP contribution in [0.15, 0.2) is 24.7 Å². The maximum absolute atomic E-state index is 4.75. The first-order valence-electron chi connectivity index (χ1n) is 9.03. The van der Waals surface area contributed by atoms with Gasteiger partial charge in [-0.15, -0.1) is 0 Å². The van der Waals surface area contributed by atoms with Gasteiger partial charge < -0.3 is 9.88 Å². The van der Waals surface area contributed by atoms with Crippen LogP contribution in [0.25, 0.3) is 11.5 Å². The van der Waals surface area contributed by atoms with Crippen molar-refractivity contribution in [1.29, 1.82) is 0 Å². The molecule has 3 aromatic rings. The molecule has 7 nitrogen and oxygen atoms in total. The summed E-state index contributed by atoms with van der Waals surface area (Å²) in [7, 11) is 0. The van der Waals surface area contributed by atoms with Gasteiger partial charge in [0.05, 0.1) is 11.7 Å². The maximum Gasteiger partial charge on any atom is 0.156 e. The number of imidazole rings is 1. The summed E-state index contributed by atoms with van der Waals surface area (Å²) >= 11 is 0. The molecule has 0 saturated carbocycles. The second-order valence-electron chi connectivity index (χ2n) is 6.86. The predicted octanol–water partition coefficient (Wildman–Crippen LogP) is 3.31. The molecule has 7 heteroatoms. The van der Waals surface area contributed by atoms with Crippen LogP contribution in [0.1, 0.15) is 48.2 Å². The molecule has 3 aromatic heterocycles. The minimum absolute atomic E-state index is 0.189. The Morgan fingerprint density at radius 1 is 1.04 bits per heavy atom. The number of rotatable bonds is 3. The van der Waals surface area contributed by atoms with Crippen LogP contribution in [-0.4, -0.2) is 36.4 Å². The summed E-state index contributed by atoms with van der Waals surface area (Å²) in [4.78, 5) is 28.1. The van der Waals surface area contributed by atoms with Crippen molar-refractivity contribution >= 4 is 5.82 Å². The number of hydrogen-bond donors (Lipinski definition) is 1. The molecule has 0 aromatic carbocycles. The predicted molar refractivity (Wildman–Crippen MR) is 99.8 cm³/mol. The van der Waals surface area contributed by atoms with Crippen LogP contribution in [0.3, 0.4) is 0 Å². The molecule has 1 aliphatic rings. The van der Waals surface area contributed by atoms with Gasteiger partial charge in [0.2, 0.25) is 0 Å². The number of aryl methyl sites for hydroxylation is 3. The van der Waals surface area contributed by atoms with Crippen molar-refractivity contribution in [1.82, 2.24) is 29.9 Å². The molecule has 1 fully saturated rings. The highest BCUT2D eigenvalue weighted by Crippen LogP contribution is 2.34. The summed E-state index contributed by atoms with van der Waals surface area (Å²) in [5, 5.41) is 0. The largest absolute Gasteiger partial charge is 0.348 e. The molecule has 1 aliphatic heterocycles. The highest BCUT2D eigenvalue weighted by atomic mass is 15.2. The first-order chi connectivity index (χ1) is 12.6. The fourth-order valence-electron chi connectivity index (χ4n) is 3.54. The summed E-state index contributed by atoms with van der Waals surface area (Å²) in [5.41, 5.74) is 3.86. The topological polar surface area (TPSA) is 83.5 Å². The van der Waals surface area contributed by atoms with Gasteiger partial charge in [0.15, 0.2) is 5.82 Å². The number of nitrogens with one attached hydrogen (secondary N) is 1. The molecule has 0 radical (unpaired) electrons. The maximum atomic E-state index is 4.75. The van der Waals surface area contributed by atoms with Crippen LogP contribution < -0.4 is 4.90 Å². The van der Waals surface area contributed by atoms with Crippen molar-refractivity contribution in [2.45, 2.75) is 46.1 Å². The SMILES string of the molecule is Cc1cc(N2CCCC[C@H]2c2cc(-c3ncc(C)[nH]3)nc(C)n2)ncn1. The molecule has 4 heterocycles. The van der Waals surface area contributed by atoms with E-state index in [0.29, 0.717) is 0 Å². The molecule has 134 valence electrons. The average molecular weight is 349 g/mol. The number of aromatic nitrogens is 6. The third-order valence-corrected chi connectivity index (χ3v) is 4.73. The van der Waals surface area contributed by atoms with E-state index >= 15 is 0 Å². The standard InChI is InChI=1S/C19H23N7/c1-12-8-18(22-11-21-12)26-7-5-4-6-17(26)15-9-16(25-14(3)24-15)19-20-10-13(2)23-19/h8-11,17H,4-7H2,1-3H3,(H,20,23)/t17-/m0/s1. The third kappa shape index (κ3) is 3.29. The molecule has 1 atom stereocenters. The molecule has 0 aliphatic carbocycles. The van der Waals surface area contributed by atoms with Crippen LogP contribution in [0.2, 0.25) is 0 Å². The van der Waals surface area contributed by atoms with E-state index in [-0.39, 0.29) is 6.04 Å². The number of hydrogen-bond acceptors (Lipinski definition) is 6. The lowest BCUT2D eigenvalue weighted by molar-refractivity contribution is 0.460. The van der Waals surface area contributed by atoms with Crippen LogP contribution in [0, 0.1) is 20.8 Å². The van der Waals surface area contributed by atoms with Crippen molar-refractivity contribution in [2.75, 3.05) is 11.4 Å². The van der Waals surface area contributed by atoms with Crippen LogP contribution >= 0.6 is 0 Å². The highest BCUT2D eigenvalue weighted by molar-refractivity contribution is 5.51. The number of nitrogens with zero attached hydrogens (tertiary/aromatic N) is 6. The number of anilines is 1. The summed E-state index contributed by atoms with van der Waals surface area (Å²) in [5.74, 6) is 2.51. The number of piperidine rings is 1. The molecular weight excluding hydrogens is 326 g/mol. The summed E-state index contributed by atoms with van der Waals surface area (Å²) in [6.45, 7) is 6.90. The van der Waals surface area contributed by atoms with Crippen molar-refractivity contribution < 1.29 is 0 Å². The summed E-state index contributed by atoms with van der Waals surface area (Å²) < 4.78 is 0. The van der Waals surface area contributed by atoms with E-state index in [9.17, 15) is 0 Å². The van der Waals surface area contributed by atoms with Crippen LogP contribution in [0.4, 0.5) is 5.82 Å². The van der Waals surface area contributed by atoms with Gasteiger partial charge in [-0.05, 0) is 46.1 Å². The fourth-order valence-corrected chi connectivity index (χ4v) is 3.54. The second-order valence-corrected chi connectivity index (χ2v) is 6.86. The zero-order valence-corrected chi connectivity index (χ0v) is 15.4. The lowest BCUT2D eigenvalue weighted by Gasteiger charge is -2.36. The third-order valence-electron chi connectivity index (χ3n) is 4.73. The summed E-state index contributed by atoms with van der Waals surface area (Å²) in [6.07, 6.45) is 6.86. The molecule has 0 amide bonds. The minimum Gasteiger partial charge on any atom is -0.348 e. The van der Waals surface area contributed by atoms with E-state index in [0.717, 1.165) is 59.6 Å². The Morgan fingerprint density at radius 3 is 2.69 bits per heavy atom. The van der Waals surface area contributed by atoms with E-state index in [1.54, 1.807) is 6.33 Å². The van der Waals surface area contributed by atoms with E-state index in [1.807, 2.05) is 33.0 Å². The van der Waals surface area contributed by atoms with E-state index in [4.69, 9.17) is 4.98 Å². The smallest absolute Gasteiger partial charge is 0.156 e. The van der Waals surface area contributed by atoms with Gasteiger partial charge in [-0.1, -0.05) is 0 Å². The molecule has 1 N–H and O–H groups in total. The molecule has 26 heavy (non-hydrogen) atoms. The molecule has 0 unspecified atom stereocenters. The number of aromatic amines is 1. The van der Waals surface area contributed by atoms with Crippen molar-refractivity contribution in [3.05, 3.63) is 47.6 Å². The van der Waals surface area contributed by atoms with Gasteiger partial charge in [-0.3, -0.25) is 0 Å². The van der Waals surface area contributed by atoms with E-state index < -0.39 is 0 Å². The first kappa shape index (κ1) is 16.6. The molecule has 0 spiro atoms. The molecule has 1 saturated heterocycles. The first-order valence-corrected chi connectivity index (χ1v) is 9.03. The molecule has 0 bridgehead atoms.